The number of carbonyl (C=O) groups excluding carboxylic acids is 1. The number of benzene rings is 1. The zero-order valence-electron chi connectivity index (χ0n) is 7.25. The van der Waals surface area contributed by atoms with Crippen LogP contribution in [-0.4, -0.2) is 5.91 Å². The molecule has 0 bridgehead atoms. The van der Waals surface area contributed by atoms with E-state index in [-0.39, 0.29) is 5.91 Å². The number of allylic oxidation sites excluding steroid dienone is 1. The molecule has 0 atom stereocenters. The summed E-state index contributed by atoms with van der Waals surface area (Å²) in [4.78, 5) is 11.2. The van der Waals surface area contributed by atoms with Gasteiger partial charge in [0.15, 0.2) is 0 Å². The average molecular weight is 196 g/mol. The van der Waals surface area contributed by atoms with Gasteiger partial charge in [0.05, 0.1) is 0 Å². The monoisotopic (exact) mass is 195 g/mol. The number of halogens is 1. The van der Waals surface area contributed by atoms with Crippen LogP contribution < -0.4 is 5.32 Å². The van der Waals surface area contributed by atoms with Crippen molar-refractivity contribution in [2.75, 3.05) is 5.32 Å². The fourth-order valence-corrected chi connectivity index (χ4v) is 0.980. The van der Waals surface area contributed by atoms with Gasteiger partial charge in [0.2, 0.25) is 5.91 Å². The molecule has 0 saturated carbocycles. The molecule has 0 radical (unpaired) electrons. The van der Waals surface area contributed by atoms with Crippen molar-refractivity contribution in [2.45, 2.75) is 6.92 Å². The molecule has 1 aromatic rings. The lowest BCUT2D eigenvalue weighted by atomic mass is 10.3. The van der Waals surface area contributed by atoms with Gasteiger partial charge in [-0.3, -0.25) is 4.79 Å². The Balaban J connectivity index is 2.61. The highest BCUT2D eigenvalue weighted by molar-refractivity contribution is 6.31. The van der Waals surface area contributed by atoms with Crippen LogP contribution in [0, 0.1) is 0 Å². The molecule has 0 fully saturated rings. The van der Waals surface area contributed by atoms with E-state index in [2.05, 4.69) is 5.32 Å². The molecule has 68 valence electrons. The number of anilines is 1. The van der Waals surface area contributed by atoms with Crippen LogP contribution in [0.15, 0.2) is 41.4 Å². The summed E-state index contributed by atoms with van der Waals surface area (Å²) >= 11 is 5.54. The number of hydrogen-bond acceptors (Lipinski definition) is 1. The van der Waals surface area contributed by atoms with Gasteiger partial charge in [0.25, 0.3) is 0 Å². The van der Waals surface area contributed by atoms with Gasteiger partial charge in [-0.05, 0) is 19.1 Å². The van der Waals surface area contributed by atoms with Gasteiger partial charge in [-0.1, -0.05) is 29.8 Å². The van der Waals surface area contributed by atoms with Crippen molar-refractivity contribution in [1.29, 1.82) is 0 Å². The predicted octanol–water partition coefficient (Wildman–Crippen LogP) is 2.77. The van der Waals surface area contributed by atoms with Gasteiger partial charge < -0.3 is 5.32 Å². The first kappa shape index (κ1) is 9.81. The third-order valence-corrected chi connectivity index (χ3v) is 1.48. The highest BCUT2D eigenvalue weighted by Crippen LogP contribution is 2.06. The second kappa shape index (κ2) is 4.67. The van der Waals surface area contributed by atoms with Crippen molar-refractivity contribution in [1.82, 2.24) is 0 Å². The zero-order chi connectivity index (χ0) is 9.68. The van der Waals surface area contributed by atoms with E-state index in [0.29, 0.717) is 5.03 Å². The number of para-hydroxylation sites is 1. The molecule has 0 aromatic heterocycles. The van der Waals surface area contributed by atoms with Crippen LogP contribution in [0.25, 0.3) is 0 Å². The summed E-state index contributed by atoms with van der Waals surface area (Å²) in [5.41, 5.74) is 0.765. The Morgan fingerprint density at radius 2 is 2.00 bits per heavy atom. The quantitative estimate of drug-likeness (QED) is 0.723. The van der Waals surface area contributed by atoms with Crippen molar-refractivity contribution in [3.63, 3.8) is 0 Å². The Morgan fingerprint density at radius 3 is 2.54 bits per heavy atom. The fourth-order valence-electron chi connectivity index (χ4n) is 0.880. The maximum Gasteiger partial charge on any atom is 0.249 e. The van der Waals surface area contributed by atoms with E-state index < -0.39 is 0 Å². The Kier molecular flexibility index (Phi) is 3.53. The van der Waals surface area contributed by atoms with E-state index >= 15 is 0 Å². The van der Waals surface area contributed by atoms with Crippen LogP contribution in [0.3, 0.4) is 0 Å². The lowest BCUT2D eigenvalue weighted by molar-refractivity contribution is -0.111. The van der Waals surface area contributed by atoms with Crippen LogP contribution in [0.1, 0.15) is 6.92 Å². The summed E-state index contributed by atoms with van der Waals surface area (Å²) in [6.45, 7) is 1.66. The van der Waals surface area contributed by atoms with Gasteiger partial charge in [0, 0.05) is 16.8 Å². The van der Waals surface area contributed by atoms with E-state index in [0.717, 1.165) is 5.69 Å². The summed E-state index contributed by atoms with van der Waals surface area (Å²) < 4.78 is 0. The number of rotatable bonds is 2. The van der Waals surface area contributed by atoms with Gasteiger partial charge in [-0.2, -0.15) is 0 Å². The maximum atomic E-state index is 11.2. The lowest BCUT2D eigenvalue weighted by Gasteiger charge is -2.00. The third kappa shape index (κ3) is 3.76. The maximum absolute atomic E-state index is 11.2. The van der Waals surface area contributed by atoms with Crippen LogP contribution >= 0.6 is 11.6 Å². The van der Waals surface area contributed by atoms with E-state index in [4.69, 9.17) is 11.6 Å². The van der Waals surface area contributed by atoms with Gasteiger partial charge in [0.1, 0.15) is 0 Å². The van der Waals surface area contributed by atoms with E-state index in [1.165, 1.54) is 6.08 Å². The molecule has 0 heterocycles. The predicted molar refractivity (Wildman–Crippen MR) is 54.7 cm³/mol. The van der Waals surface area contributed by atoms with Crippen molar-refractivity contribution in [3.05, 3.63) is 41.4 Å². The van der Waals surface area contributed by atoms with Crippen LogP contribution in [0.4, 0.5) is 5.69 Å². The fraction of sp³-hybridized carbons (Fsp3) is 0.100. The molecule has 1 amide bonds. The number of hydrogen-bond donors (Lipinski definition) is 1. The minimum absolute atomic E-state index is 0.210. The van der Waals surface area contributed by atoms with Crippen LogP contribution in [0.2, 0.25) is 0 Å². The lowest BCUT2D eigenvalue weighted by Crippen LogP contribution is -2.07. The molecule has 0 aliphatic carbocycles. The summed E-state index contributed by atoms with van der Waals surface area (Å²) in [6, 6.07) is 9.22. The summed E-state index contributed by atoms with van der Waals surface area (Å²) in [6.07, 6.45) is 1.34. The minimum Gasteiger partial charge on any atom is -0.322 e. The van der Waals surface area contributed by atoms with Crippen LogP contribution in [0.5, 0.6) is 0 Å². The summed E-state index contributed by atoms with van der Waals surface area (Å²) in [5, 5.41) is 3.14. The molecule has 0 spiro atoms. The summed E-state index contributed by atoms with van der Waals surface area (Å²) in [5.74, 6) is -0.210. The Labute approximate surface area is 82.2 Å². The summed E-state index contributed by atoms with van der Waals surface area (Å²) in [7, 11) is 0. The molecular weight excluding hydrogens is 186 g/mol. The highest BCUT2D eigenvalue weighted by atomic mass is 35.5. The second-order valence-electron chi connectivity index (χ2n) is 2.59. The average Bonchev–Trinajstić information content (AvgIpc) is 2.04. The normalized spacial score (nSPS) is 11.1. The third-order valence-electron chi connectivity index (χ3n) is 1.37. The molecule has 0 aliphatic heterocycles. The SMILES string of the molecule is C/C(Cl)=C\C(=O)Nc1ccccc1. The molecule has 3 heteroatoms. The van der Waals surface area contributed by atoms with E-state index in [1.807, 2.05) is 30.3 Å². The largest absolute Gasteiger partial charge is 0.322 e. The molecule has 1 rings (SSSR count). The standard InChI is InChI=1S/C10H10ClNO/c1-8(11)7-10(13)12-9-5-3-2-4-6-9/h2-7H,1H3,(H,12,13)/b8-7+. The Hall–Kier alpha value is -1.28. The Bertz CT molecular complexity index is 315. The molecule has 0 aliphatic rings. The first-order chi connectivity index (χ1) is 6.18. The first-order valence-corrected chi connectivity index (χ1v) is 4.26. The highest BCUT2D eigenvalue weighted by Gasteiger charge is 1.96. The smallest absolute Gasteiger partial charge is 0.249 e. The molecule has 13 heavy (non-hydrogen) atoms. The van der Waals surface area contributed by atoms with Crippen LogP contribution in [-0.2, 0) is 4.79 Å². The first-order valence-electron chi connectivity index (χ1n) is 3.88. The second-order valence-corrected chi connectivity index (χ2v) is 3.18. The molecule has 0 saturated heterocycles. The van der Waals surface area contributed by atoms with E-state index in [9.17, 15) is 4.79 Å². The zero-order valence-corrected chi connectivity index (χ0v) is 8.01. The Morgan fingerprint density at radius 1 is 1.38 bits per heavy atom. The molecular formula is C10H10ClNO. The molecule has 1 aromatic carbocycles. The molecule has 0 unspecified atom stereocenters. The van der Waals surface area contributed by atoms with Gasteiger partial charge in [-0.25, -0.2) is 0 Å². The van der Waals surface area contributed by atoms with Gasteiger partial charge in [-0.15, -0.1) is 0 Å². The van der Waals surface area contributed by atoms with Crippen molar-refractivity contribution in [3.8, 4) is 0 Å². The van der Waals surface area contributed by atoms with Crippen molar-refractivity contribution < 1.29 is 4.79 Å². The molecule has 1 N–H and O–H groups in total. The number of nitrogens with one attached hydrogen (secondary N) is 1. The van der Waals surface area contributed by atoms with Crippen molar-refractivity contribution in [2.24, 2.45) is 0 Å². The van der Waals surface area contributed by atoms with Crippen molar-refractivity contribution >= 4 is 23.2 Å². The topological polar surface area (TPSA) is 29.1 Å². The van der Waals surface area contributed by atoms with E-state index in [1.54, 1.807) is 6.92 Å². The number of carbonyl (C=O) groups is 1. The van der Waals surface area contributed by atoms with Gasteiger partial charge >= 0.3 is 0 Å². The number of amides is 1. The minimum atomic E-state index is -0.210. The molecule has 2 nitrogen and oxygen atoms in total.